The third-order valence-electron chi connectivity index (χ3n) is 3.00. The molecule has 2 heterocycles. The molecule has 124 valence electrons. The van der Waals surface area contributed by atoms with Crippen molar-refractivity contribution in [3.63, 3.8) is 0 Å². The van der Waals surface area contributed by atoms with Crippen LogP contribution in [-0.4, -0.2) is 21.7 Å². The van der Waals surface area contributed by atoms with Gasteiger partial charge < -0.3 is 4.74 Å². The average molecular weight is 362 g/mol. The molecule has 0 aliphatic heterocycles. The number of hydrogen-bond acceptors (Lipinski definition) is 5. The summed E-state index contributed by atoms with van der Waals surface area (Å²) in [5.74, 6) is 0. The SMILES string of the molecule is CC(C)(C)OC(=O)Nc1nc2ccc(-c3ccc(Cl)cc3)nc2s1. The Balaban J connectivity index is 1.84. The predicted octanol–water partition coefficient (Wildman–Crippen LogP) is 5.36. The van der Waals surface area contributed by atoms with Crippen molar-refractivity contribution >= 4 is 44.5 Å². The molecule has 3 rings (SSSR count). The highest BCUT2D eigenvalue weighted by Gasteiger charge is 2.17. The molecule has 24 heavy (non-hydrogen) atoms. The van der Waals surface area contributed by atoms with E-state index in [-0.39, 0.29) is 0 Å². The van der Waals surface area contributed by atoms with Crippen LogP contribution in [0.5, 0.6) is 0 Å². The number of nitrogens with zero attached hydrogens (tertiary/aromatic N) is 2. The minimum absolute atomic E-state index is 0.458. The zero-order valence-corrected chi connectivity index (χ0v) is 15.0. The van der Waals surface area contributed by atoms with Gasteiger partial charge in [0.1, 0.15) is 15.9 Å². The maximum absolute atomic E-state index is 11.8. The Morgan fingerprint density at radius 1 is 1.12 bits per heavy atom. The van der Waals surface area contributed by atoms with Crippen LogP contribution >= 0.6 is 22.9 Å². The molecule has 0 saturated carbocycles. The van der Waals surface area contributed by atoms with Gasteiger partial charge in [0.25, 0.3) is 0 Å². The van der Waals surface area contributed by atoms with Gasteiger partial charge >= 0.3 is 6.09 Å². The smallest absolute Gasteiger partial charge is 0.413 e. The minimum Gasteiger partial charge on any atom is -0.444 e. The second-order valence-electron chi connectivity index (χ2n) is 6.17. The number of aromatic nitrogens is 2. The summed E-state index contributed by atoms with van der Waals surface area (Å²) >= 11 is 7.21. The van der Waals surface area contributed by atoms with E-state index in [4.69, 9.17) is 16.3 Å². The summed E-state index contributed by atoms with van der Waals surface area (Å²) in [6.07, 6.45) is -0.528. The number of fused-ring (bicyclic) bond motifs is 1. The minimum atomic E-state index is -0.555. The molecule has 0 aliphatic rings. The van der Waals surface area contributed by atoms with Crippen molar-refractivity contribution in [2.75, 3.05) is 5.32 Å². The van der Waals surface area contributed by atoms with E-state index in [9.17, 15) is 4.79 Å². The number of rotatable bonds is 2. The number of thiazole rings is 1. The summed E-state index contributed by atoms with van der Waals surface area (Å²) in [6.45, 7) is 5.43. The molecule has 0 atom stereocenters. The van der Waals surface area contributed by atoms with E-state index in [0.717, 1.165) is 21.6 Å². The van der Waals surface area contributed by atoms with Crippen molar-refractivity contribution in [2.24, 2.45) is 0 Å². The third kappa shape index (κ3) is 4.01. The van der Waals surface area contributed by atoms with Crippen molar-refractivity contribution in [1.82, 2.24) is 9.97 Å². The number of carbonyl (C=O) groups excluding carboxylic acids is 1. The van der Waals surface area contributed by atoms with Gasteiger partial charge in [-0.25, -0.2) is 14.8 Å². The number of pyridine rings is 1. The number of hydrogen-bond donors (Lipinski definition) is 1. The van der Waals surface area contributed by atoms with Gasteiger partial charge in [0, 0.05) is 10.6 Å². The Morgan fingerprint density at radius 2 is 1.83 bits per heavy atom. The fourth-order valence-corrected chi connectivity index (χ4v) is 2.99. The van der Waals surface area contributed by atoms with Gasteiger partial charge in [0.05, 0.1) is 5.69 Å². The van der Waals surface area contributed by atoms with Gasteiger partial charge in [-0.2, -0.15) is 0 Å². The zero-order chi connectivity index (χ0) is 17.3. The van der Waals surface area contributed by atoms with E-state index in [1.807, 2.05) is 57.2 Å². The molecule has 1 amide bonds. The van der Waals surface area contributed by atoms with Crippen LogP contribution in [0.25, 0.3) is 21.6 Å². The van der Waals surface area contributed by atoms with Crippen molar-refractivity contribution in [1.29, 1.82) is 0 Å². The molecule has 5 nitrogen and oxygen atoms in total. The van der Waals surface area contributed by atoms with Gasteiger partial charge in [-0.1, -0.05) is 35.1 Å². The Hall–Kier alpha value is -2.18. The highest BCUT2D eigenvalue weighted by atomic mass is 35.5. The fourth-order valence-electron chi connectivity index (χ4n) is 2.04. The first kappa shape index (κ1) is 16.7. The predicted molar refractivity (Wildman–Crippen MR) is 97.7 cm³/mol. The van der Waals surface area contributed by atoms with E-state index in [1.54, 1.807) is 0 Å². The summed E-state index contributed by atoms with van der Waals surface area (Å²) in [6, 6.07) is 11.2. The van der Waals surface area contributed by atoms with Crippen molar-refractivity contribution < 1.29 is 9.53 Å². The highest BCUT2D eigenvalue weighted by molar-refractivity contribution is 7.21. The second kappa shape index (κ2) is 6.37. The molecule has 0 spiro atoms. The molecule has 0 saturated heterocycles. The summed E-state index contributed by atoms with van der Waals surface area (Å²) < 4.78 is 5.23. The number of nitrogens with one attached hydrogen (secondary N) is 1. The van der Waals surface area contributed by atoms with Crippen LogP contribution in [0, 0.1) is 0 Å². The lowest BCUT2D eigenvalue weighted by atomic mass is 10.1. The molecule has 1 N–H and O–H groups in total. The van der Waals surface area contributed by atoms with Crippen LogP contribution in [-0.2, 0) is 4.74 Å². The first-order valence-electron chi connectivity index (χ1n) is 7.34. The fraction of sp³-hybridized carbons (Fsp3) is 0.235. The van der Waals surface area contributed by atoms with Crippen molar-refractivity contribution in [3.05, 3.63) is 41.4 Å². The molecule has 2 aromatic heterocycles. The van der Waals surface area contributed by atoms with E-state index in [0.29, 0.717) is 10.2 Å². The topological polar surface area (TPSA) is 64.1 Å². The third-order valence-corrected chi connectivity index (χ3v) is 4.14. The van der Waals surface area contributed by atoms with Crippen LogP contribution in [0.1, 0.15) is 20.8 Å². The molecule has 0 radical (unpaired) electrons. The molecule has 1 aromatic carbocycles. The number of benzene rings is 1. The van der Waals surface area contributed by atoms with Crippen LogP contribution < -0.4 is 5.32 Å². The number of halogens is 1. The molecular formula is C17H16ClN3O2S. The quantitative estimate of drug-likeness (QED) is 0.667. The van der Waals surface area contributed by atoms with E-state index in [2.05, 4.69) is 15.3 Å². The molecule has 0 unspecified atom stereocenters. The number of ether oxygens (including phenoxy) is 1. The molecule has 0 aliphatic carbocycles. The summed E-state index contributed by atoms with van der Waals surface area (Å²) in [7, 11) is 0. The maximum Gasteiger partial charge on any atom is 0.413 e. The Labute approximate surface area is 148 Å². The van der Waals surface area contributed by atoms with Gasteiger partial charge in [0.2, 0.25) is 0 Å². The zero-order valence-electron chi connectivity index (χ0n) is 13.5. The maximum atomic E-state index is 11.8. The summed E-state index contributed by atoms with van der Waals surface area (Å²) in [4.78, 5) is 21.5. The summed E-state index contributed by atoms with van der Waals surface area (Å²) in [5.41, 5.74) is 1.97. The first-order valence-corrected chi connectivity index (χ1v) is 8.53. The highest BCUT2D eigenvalue weighted by Crippen LogP contribution is 2.28. The molecule has 0 fully saturated rings. The van der Waals surface area contributed by atoms with Crippen LogP contribution in [0.3, 0.4) is 0 Å². The molecule has 7 heteroatoms. The number of carbonyl (C=O) groups is 1. The van der Waals surface area contributed by atoms with Gasteiger partial charge in [0.15, 0.2) is 5.13 Å². The number of anilines is 1. The standard InChI is InChI=1S/C17H16ClN3O2S/c1-17(2,3)23-16(22)21-15-20-13-9-8-12(19-14(13)24-15)10-4-6-11(18)7-5-10/h4-9H,1-3H3,(H,20,21,22). The average Bonchev–Trinajstić information content (AvgIpc) is 2.86. The lowest BCUT2D eigenvalue weighted by Crippen LogP contribution is -2.27. The first-order chi connectivity index (χ1) is 11.3. The second-order valence-corrected chi connectivity index (χ2v) is 7.59. The normalized spacial score (nSPS) is 11.5. The Morgan fingerprint density at radius 3 is 2.50 bits per heavy atom. The molecule has 0 bridgehead atoms. The van der Waals surface area contributed by atoms with Crippen LogP contribution in [0.4, 0.5) is 9.93 Å². The molecular weight excluding hydrogens is 346 g/mol. The van der Waals surface area contributed by atoms with Crippen molar-refractivity contribution in [3.8, 4) is 11.3 Å². The Kier molecular flexibility index (Phi) is 4.43. The van der Waals surface area contributed by atoms with Gasteiger partial charge in [-0.15, -0.1) is 0 Å². The number of amides is 1. The summed E-state index contributed by atoms with van der Waals surface area (Å²) in [5, 5.41) is 3.78. The van der Waals surface area contributed by atoms with Gasteiger partial charge in [-0.05, 0) is 45.0 Å². The largest absolute Gasteiger partial charge is 0.444 e. The molecule has 3 aromatic rings. The van der Waals surface area contributed by atoms with E-state index < -0.39 is 11.7 Å². The van der Waals surface area contributed by atoms with Crippen molar-refractivity contribution in [2.45, 2.75) is 26.4 Å². The Bertz CT molecular complexity index is 885. The van der Waals surface area contributed by atoms with E-state index >= 15 is 0 Å². The van der Waals surface area contributed by atoms with E-state index in [1.165, 1.54) is 11.3 Å². The lowest BCUT2D eigenvalue weighted by Gasteiger charge is -2.18. The monoisotopic (exact) mass is 361 g/mol. The lowest BCUT2D eigenvalue weighted by molar-refractivity contribution is 0.0636. The van der Waals surface area contributed by atoms with Crippen LogP contribution in [0.15, 0.2) is 36.4 Å². The van der Waals surface area contributed by atoms with Crippen LogP contribution in [0.2, 0.25) is 5.02 Å². The van der Waals surface area contributed by atoms with Gasteiger partial charge in [-0.3, -0.25) is 5.32 Å².